The number of aromatic nitrogens is 3. The first-order chi connectivity index (χ1) is 13.0. The van der Waals surface area contributed by atoms with E-state index < -0.39 is 0 Å². The highest BCUT2D eigenvalue weighted by atomic mass is 32.2. The first-order valence-electron chi connectivity index (χ1n) is 8.58. The molecule has 0 bridgehead atoms. The Labute approximate surface area is 162 Å². The number of carbonyl (C=O) groups excluding carboxylic acids is 1. The summed E-state index contributed by atoms with van der Waals surface area (Å²) in [6, 6.07) is 13.5. The molecule has 0 radical (unpaired) electrons. The molecule has 0 aliphatic carbocycles. The Bertz CT molecular complexity index is 937. The summed E-state index contributed by atoms with van der Waals surface area (Å²) >= 11 is 1.31. The first-order valence-corrected chi connectivity index (χ1v) is 9.46. The van der Waals surface area contributed by atoms with Gasteiger partial charge in [0.25, 0.3) is 0 Å². The van der Waals surface area contributed by atoms with Gasteiger partial charge in [0.05, 0.1) is 12.4 Å². The number of ether oxygens (including phenoxy) is 1. The SMILES string of the molecule is COc1ccc(-c2nc(S[C@H](C)C(=O)Nc3cc(C)ccc3C)n[nH]2)cc1. The van der Waals surface area contributed by atoms with Crippen LogP contribution in [0.2, 0.25) is 0 Å². The maximum absolute atomic E-state index is 12.5. The van der Waals surface area contributed by atoms with E-state index in [4.69, 9.17) is 4.74 Å². The van der Waals surface area contributed by atoms with Gasteiger partial charge in [-0.1, -0.05) is 23.9 Å². The summed E-state index contributed by atoms with van der Waals surface area (Å²) < 4.78 is 5.16. The van der Waals surface area contributed by atoms with Crippen LogP contribution in [0.5, 0.6) is 5.75 Å². The van der Waals surface area contributed by atoms with Crippen LogP contribution in [0.25, 0.3) is 11.4 Å². The quantitative estimate of drug-likeness (QED) is 0.624. The van der Waals surface area contributed by atoms with E-state index in [1.807, 2.05) is 63.2 Å². The Kier molecular flexibility index (Phi) is 5.81. The molecule has 0 spiro atoms. The maximum atomic E-state index is 12.5. The number of aryl methyl sites for hydroxylation is 2. The Morgan fingerprint density at radius 1 is 1.19 bits per heavy atom. The highest BCUT2D eigenvalue weighted by Gasteiger charge is 2.18. The van der Waals surface area contributed by atoms with Crippen molar-refractivity contribution in [1.29, 1.82) is 0 Å². The normalized spacial score (nSPS) is 11.9. The first kappa shape index (κ1) is 19.0. The minimum absolute atomic E-state index is 0.0792. The number of rotatable bonds is 6. The number of nitrogens with zero attached hydrogens (tertiary/aromatic N) is 2. The van der Waals surface area contributed by atoms with Gasteiger partial charge < -0.3 is 10.1 Å². The van der Waals surface area contributed by atoms with Gasteiger partial charge in [-0.2, -0.15) is 0 Å². The van der Waals surface area contributed by atoms with Gasteiger partial charge >= 0.3 is 0 Å². The summed E-state index contributed by atoms with van der Waals surface area (Å²) in [6.45, 7) is 5.82. The third-order valence-corrected chi connectivity index (χ3v) is 5.09. The average molecular weight is 382 g/mol. The number of anilines is 1. The number of hydrogen-bond donors (Lipinski definition) is 2. The molecular weight excluding hydrogens is 360 g/mol. The molecule has 0 fully saturated rings. The van der Waals surface area contributed by atoms with Gasteiger partial charge in [0.1, 0.15) is 5.75 Å². The van der Waals surface area contributed by atoms with Gasteiger partial charge in [0.2, 0.25) is 11.1 Å². The zero-order chi connectivity index (χ0) is 19.4. The molecular formula is C20H22N4O2S. The molecule has 0 aliphatic rings. The van der Waals surface area contributed by atoms with Crippen LogP contribution < -0.4 is 10.1 Å². The van der Waals surface area contributed by atoms with Gasteiger partial charge in [-0.15, -0.1) is 5.10 Å². The third-order valence-electron chi connectivity index (χ3n) is 4.13. The molecule has 3 rings (SSSR count). The minimum Gasteiger partial charge on any atom is -0.497 e. The average Bonchev–Trinajstić information content (AvgIpc) is 3.13. The fraction of sp³-hybridized carbons (Fsp3) is 0.250. The molecule has 1 aromatic heterocycles. The molecule has 3 aromatic rings. The summed E-state index contributed by atoms with van der Waals surface area (Å²) in [5.74, 6) is 1.36. The van der Waals surface area contributed by atoms with Crippen LogP contribution in [0.15, 0.2) is 47.6 Å². The topological polar surface area (TPSA) is 79.9 Å². The van der Waals surface area contributed by atoms with Crippen molar-refractivity contribution in [3.63, 3.8) is 0 Å². The summed E-state index contributed by atoms with van der Waals surface area (Å²) in [5, 5.41) is 10.3. The number of benzene rings is 2. The van der Waals surface area contributed by atoms with Crippen LogP contribution in [0, 0.1) is 13.8 Å². The molecule has 1 heterocycles. The number of nitrogens with one attached hydrogen (secondary N) is 2. The molecule has 0 unspecified atom stereocenters. The second kappa shape index (κ2) is 8.26. The smallest absolute Gasteiger partial charge is 0.237 e. The highest BCUT2D eigenvalue weighted by Crippen LogP contribution is 2.25. The minimum atomic E-state index is -0.329. The van der Waals surface area contributed by atoms with Crippen molar-refractivity contribution in [3.8, 4) is 17.1 Å². The van der Waals surface area contributed by atoms with Crippen LogP contribution in [-0.4, -0.2) is 33.4 Å². The predicted molar refractivity (Wildman–Crippen MR) is 108 cm³/mol. The van der Waals surface area contributed by atoms with E-state index in [0.29, 0.717) is 11.0 Å². The van der Waals surface area contributed by atoms with Crippen molar-refractivity contribution >= 4 is 23.4 Å². The van der Waals surface area contributed by atoms with Gasteiger partial charge in [-0.05, 0) is 62.2 Å². The second-order valence-electron chi connectivity index (χ2n) is 6.26. The molecule has 2 aromatic carbocycles. The van der Waals surface area contributed by atoms with Gasteiger partial charge in [-0.3, -0.25) is 9.89 Å². The lowest BCUT2D eigenvalue weighted by atomic mass is 10.1. The van der Waals surface area contributed by atoms with Gasteiger partial charge in [-0.25, -0.2) is 4.98 Å². The van der Waals surface area contributed by atoms with Crippen LogP contribution in [-0.2, 0) is 4.79 Å². The van der Waals surface area contributed by atoms with Crippen molar-refractivity contribution in [2.75, 3.05) is 12.4 Å². The predicted octanol–water partition coefficient (Wildman–Crippen LogP) is 4.22. The zero-order valence-electron chi connectivity index (χ0n) is 15.7. The number of amides is 1. The van der Waals surface area contributed by atoms with E-state index >= 15 is 0 Å². The summed E-state index contributed by atoms with van der Waals surface area (Å²) in [5.41, 5.74) is 3.88. The molecule has 6 nitrogen and oxygen atoms in total. The Hall–Kier alpha value is -2.80. The Morgan fingerprint density at radius 2 is 1.93 bits per heavy atom. The lowest BCUT2D eigenvalue weighted by Gasteiger charge is -2.12. The Balaban J connectivity index is 1.65. The third kappa shape index (κ3) is 4.68. The number of H-pyrrole nitrogens is 1. The fourth-order valence-corrected chi connectivity index (χ4v) is 3.22. The van der Waals surface area contributed by atoms with E-state index in [-0.39, 0.29) is 11.2 Å². The molecule has 0 aliphatic heterocycles. The fourth-order valence-electron chi connectivity index (χ4n) is 2.49. The van der Waals surface area contributed by atoms with Crippen molar-refractivity contribution in [2.24, 2.45) is 0 Å². The van der Waals surface area contributed by atoms with Gasteiger partial charge in [0.15, 0.2) is 5.82 Å². The standard InChI is InChI=1S/C20H22N4O2S/c1-12-5-6-13(2)17(11-12)21-19(25)14(3)27-20-22-18(23-24-20)15-7-9-16(26-4)10-8-15/h5-11,14H,1-4H3,(H,21,25)(H,22,23,24)/t14-/m1/s1. The summed E-state index contributed by atoms with van der Waals surface area (Å²) in [6.07, 6.45) is 0. The van der Waals surface area contributed by atoms with Crippen molar-refractivity contribution in [1.82, 2.24) is 15.2 Å². The van der Waals surface area contributed by atoms with Crippen molar-refractivity contribution in [2.45, 2.75) is 31.2 Å². The molecule has 27 heavy (non-hydrogen) atoms. The Morgan fingerprint density at radius 3 is 2.63 bits per heavy atom. The second-order valence-corrected chi connectivity index (χ2v) is 7.57. The lowest BCUT2D eigenvalue weighted by Crippen LogP contribution is -2.23. The van der Waals surface area contributed by atoms with Crippen LogP contribution in [0.1, 0.15) is 18.1 Å². The lowest BCUT2D eigenvalue weighted by molar-refractivity contribution is -0.115. The van der Waals surface area contributed by atoms with Crippen LogP contribution in [0.3, 0.4) is 0 Å². The van der Waals surface area contributed by atoms with E-state index in [1.54, 1.807) is 7.11 Å². The largest absolute Gasteiger partial charge is 0.497 e. The summed E-state index contributed by atoms with van der Waals surface area (Å²) in [4.78, 5) is 17.0. The molecule has 0 saturated heterocycles. The monoisotopic (exact) mass is 382 g/mol. The van der Waals surface area contributed by atoms with E-state index in [9.17, 15) is 4.79 Å². The number of hydrogen-bond acceptors (Lipinski definition) is 5. The number of aromatic amines is 1. The number of methoxy groups -OCH3 is 1. The van der Waals surface area contributed by atoms with Gasteiger partial charge in [0, 0.05) is 11.3 Å². The molecule has 140 valence electrons. The number of thioether (sulfide) groups is 1. The molecule has 2 N–H and O–H groups in total. The molecule has 0 saturated carbocycles. The molecule has 7 heteroatoms. The zero-order valence-corrected chi connectivity index (χ0v) is 16.6. The van der Waals surface area contributed by atoms with E-state index in [1.165, 1.54) is 11.8 Å². The highest BCUT2D eigenvalue weighted by molar-refractivity contribution is 8.00. The van der Waals surface area contributed by atoms with Crippen LogP contribution in [0.4, 0.5) is 5.69 Å². The number of carbonyl (C=O) groups is 1. The molecule has 1 amide bonds. The summed E-state index contributed by atoms with van der Waals surface area (Å²) in [7, 11) is 1.63. The maximum Gasteiger partial charge on any atom is 0.237 e. The van der Waals surface area contributed by atoms with Crippen molar-refractivity contribution < 1.29 is 9.53 Å². The molecule has 1 atom stereocenters. The van der Waals surface area contributed by atoms with Crippen LogP contribution >= 0.6 is 11.8 Å². The van der Waals surface area contributed by atoms with E-state index in [2.05, 4.69) is 20.5 Å². The van der Waals surface area contributed by atoms with E-state index in [0.717, 1.165) is 28.1 Å². The van der Waals surface area contributed by atoms with Crippen molar-refractivity contribution in [3.05, 3.63) is 53.6 Å².